The van der Waals surface area contributed by atoms with Crippen LogP contribution in [-0.4, -0.2) is 57.6 Å². The van der Waals surface area contributed by atoms with Gasteiger partial charge in [-0.1, -0.05) is 72.8 Å². The molecule has 0 aliphatic heterocycles. The Morgan fingerprint density at radius 2 is 1.55 bits per heavy atom. The Balaban J connectivity index is 1.56. The minimum Gasteiger partial charge on any atom is -0.497 e. The van der Waals surface area contributed by atoms with Crippen LogP contribution in [0.25, 0.3) is 5.65 Å². The van der Waals surface area contributed by atoms with Gasteiger partial charge in [0.1, 0.15) is 24.0 Å². The van der Waals surface area contributed by atoms with Crippen molar-refractivity contribution in [2.75, 3.05) is 32.0 Å². The van der Waals surface area contributed by atoms with Gasteiger partial charge in [-0.05, 0) is 42.7 Å². The van der Waals surface area contributed by atoms with Gasteiger partial charge in [0.05, 0.1) is 19.8 Å². The van der Waals surface area contributed by atoms with Crippen LogP contribution in [0.5, 0.6) is 5.75 Å². The standard InChI is InChI=1S/C31H35N6O4P/c1-5-41-42(4,38)22-40-23(2)20-28-35-36-30-29(32-21-33-37(28)30)34-31(24-12-8-6-9-13-24,25-14-10-7-11-15-25)26-16-18-27(39-3)19-17-26/h6-19,21,23H,5,20,22H2,1-4H3,(H,32,33,34)/t23-,42?/m1/s1. The predicted octanol–water partition coefficient (Wildman–Crippen LogP) is 5.78. The van der Waals surface area contributed by atoms with Crippen LogP contribution < -0.4 is 10.1 Å². The fourth-order valence-electron chi connectivity index (χ4n) is 4.99. The third-order valence-electron chi connectivity index (χ3n) is 6.98. The van der Waals surface area contributed by atoms with Crippen molar-refractivity contribution in [1.29, 1.82) is 0 Å². The molecule has 2 aromatic heterocycles. The molecule has 2 atom stereocenters. The van der Waals surface area contributed by atoms with E-state index in [1.807, 2.05) is 74.5 Å². The van der Waals surface area contributed by atoms with Crippen LogP contribution in [0.1, 0.15) is 36.4 Å². The lowest BCUT2D eigenvalue weighted by molar-refractivity contribution is 0.0912. The zero-order chi connectivity index (χ0) is 29.6. The first-order chi connectivity index (χ1) is 20.4. The Bertz CT molecular complexity index is 1610. The predicted molar refractivity (Wildman–Crippen MR) is 162 cm³/mol. The quantitative estimate of drug-likeness (QED) is 0.135. The SMILES string of the molecule is CCOP(C)(=O)CO[C@H](C)Cc1nnc2c(NC(c3ccccc3)(c3ccccc3)c3ccc(OC)cc3)ncnn12. The molecule has 3 aromatic carbocycles. The van der Waals surface area contributed by atoms with Crippen molar-refractivity contribution in [1.82, 2.24) is 24.8 Å². The smallest absolute Gasteiger partial charge is 0.225 e. The number of aromatic nitrogens is 5. The van der Waals surface area contributed by atoms with E-state index in [1.54, 1.807) is 18.3 Å². The summed E-state index contributed by atoms with van der Waals surface area (Å²) in [7, 11) is -1.16. The maximum Gasteiger partial charge on any atom is 0.225 e. The van der Waals surface area contributed by atoms with E-state index in [2.05, 4.69) is 49.9 Å². The zero-order valence-corrected chi connectivity index (χ0v) is 25.1. The van der Waals surface area contributed by atoms with Gasteiger partial charge in [-0.15, -0.1) is 10.2 Å². The average Bonchev–Trinajstić information content (AvgIpc) is 3.43. The van der Waals surface area contributed by atoms with Crippen molar-refractivity contribution in [2.24, 2.45) is 0 Å². The van der Waals surface area contributed by atoms with E-state index in [4.69, 9.17) is 14.0 Å². The summed E-state index contributed by atoms with van der Waals surface area (Å²) >= 11 is 0. The van der Waals surface area contributed by atoms with Crippen LogP contribution in [0.4, 0.5) is 5.82 Å². The summed E-state index contributed by atoms with van der Waals surface area (Å²) < 4.78 is 30.8. The van der Waals surface area contributed by atoms with Crippen LogP contribution in [0.2, 0.25) is 0 Å². The van der Waals surface area contributed by atoms with Gasteiger partial charge in [-0.25, -0.2) is 4.98 Å². The maximum absolute atomic E-state index is 12.5. The molecule has 10 nitrogen and oxygen atoms in total. The largest absolute Gasteiger partial charge is 0.497 e. The summed E-state index contributed by atoms with van der Waals surface area (Å²) in [6.07, 6.45) is 1.63. The maximum atomic E-state index is 12.5. The molecule has 5 aromatic rings. The van der Waals surface area contributed by atoms with E-state index in [0.717, 1.165) is 22.4 Å². The minimum atomic E-state index is -2.82. The molecular weight excluding hydrogens is 551 g/mol. The van der Waals surface area contributed by atoms with Gasteiger partial charge in [0, 0.05) is 13.1 Å². The van der Waals surface area contributed by atoms with Gasteiger partial charge in [0.2, 0.25) is 13.0 Å². The number of ether oxygens (including phenoxy) is 2. The highest BCUT2D eigenvalue weighted by atomic mass is 31.2. The number of hydrogen-bond acceptors (Lipinski definition) is 9. The molecular formula is C31H35N6O4P. The van der Waals surface area contributed by atoms with Crippen molar-refractivity contribution in [3.05, 3.63) is 114 Å². The summed E-state index contributed by atoms with van der Waals surface area (Å²) in [6.45, 7) is 5.66. The Morgan fingerprint density at radius 3 is 2.14 bits per heavy atom. The first-order valence-corrected chi connectivity index (χ1v) is 16.0. The van der Waals surface area contributed by atoms with Crippen LogP contribution in [-0.2, 0) is 25.8 Å². The molecule has 0 aliphatic carbocycles. The molecule has 0 spiro atoms. The topological polar surface area (TPSA) is 113 Å². The number of methoxy groups -OCH3 is 1. The average molecular weight is 587 g/mol. The fraction of sp³-hybridized carbons (Fsp3) is 0.290. The molecule has 11 heteroatoms. The summed E-state index contributed by atoms with van der Waals surface area (Å²) in [5.74, 6) is 1.87. The van der Waals surface area contributed by atoms with Gasteiger partial charge < -0.3 is 19.3 Å². The van der Waals surface area contributed by atoms with Crippen LogP contribution in [0.3, 0.4) is 0 Å². The molecule has 42 heavy (non-hydrogen) atoms. The molecule has 1 N–H and O–H groups in total. The molecule has 2 heterocycles. The van der Waals surface area contributed by atoms with E-state index in [1.165, 1.54) is 6.33 Å². The number of rotatable bonds is 13. The Morgan fingerprint density at radius 1 is 0.929 bits per heavy atom. The van der Waals surface area contributed by atoms with Gasteiger partial charge in [0.15, 0.2) is 11.6 Å². The Labute approximate surface area is 245 Å². The number of nitrogens with zero attached hydrogens (tertiary/aromatic N) is 5. The van der Waals surface area contributed by atoms with E-state index >= 15 is 0 Å². The van der Waals surface area contributed by atoms with E-state index in [9.17, 15) is 4.57 Å². The van der Waals surface area contributed by atoms with Crippen molar-refractivity contribution >= 4 is 18.8 Å². The van der Waals surface area contributed by atoms with Gasteiger partial charge in [-0.3, -0.25) is 4.57 Å². The Hall–Kier alpha value is -4.11. The van der Waals surface area contributed by atoms with Gasteiger partial charge in [-0.2, -0.15) is 9.61 Å². The second-order valence-corrected chi connectivity index (χ2v) is 12.6. The van der Waals surface area contributed by atoms with E-state index in [0.29, 0.717) is 30.3 Å². The van der Waals surface area contributed by atoms with Crippen LogP contribution in [0.15, 0.2) is 91.3 Å². The molecule has 0 radical (unpaired) electrons. The molecule has 0 amide bonds. The van der Waals surface area contributed by atoms with Gasteiger partial charge in [0.25, 0.3) is 0 Å². The first kappa shape index (κ1) is 29.4. The molecule has 1 unspecified atom stereocenters. The molecule has 0 aliphatic rings. The second kappa shape index (κ2) is 12.8. The number of benzene rings is 3. The van der Waals surface area contributed by atoms with Crippen LogP contribution >= 0.6 is 7.37 Å². The highest BCUT2D eigenvalue weighted by Gasteiger charge is 2.38. The van der Waals surface area contributed by atoms with Crippen molar-refractivity contribution in [3.8, 4) is 5.75 Å². The highest BCUT2D eigenvalue weighted by molar-refractivity contribution is 7.57. The first-order valence-electron chi connectivity index (χ1n) is 13.8. The van der Waals surface area contributed by atoms with Crippen molar-refractivity contribution < 1.29 is 18.6 Å². The van der Waals surface area contributed by atoms with Gasteiger partial charge >= 0.3 is 0 Å². The zero-order valence-electron chi connectivity index (χ0n) is 24.2. The molecule has 0 bridgehead atoms. The summed E-state index contributed by atoms with van der Waals surface area (Å²) in [4.78, 5) is 4.63. The minimum absolute atomic E-state index is 0.0269. The lowest BCUT2D eigenvalue weighted by Gasteiger charge is -2.37. The Kier molecular flexibility index (Phi) is 8.97. The lowest BCUT2D eigenvalue weighted by Crippen LogP contribution is -2.38. The number of fused-ring (bicyclic) bond motifs is 1. The third-order valence-corrected chi connectivity index (χ3v) is 8.40. The van der Waals surface area contributed by atoms with Crippen molar-refractivity contribution in [3.63, 3.8) is 0 Å². The number of anilines is 1. The van der Waals surface area contributed by atoms with Crippen LogP contribution in [0, 0.1) is 0 Å². The molecule has 5 rings (SSSR count). The van der Waals surface area contributed by atoms with E-state index in [-0.39, 0.29) is 12.5 Å². The van der Waals surface area contributed by atoms with Crippen molar-refractivity contribution in [2.45, 2.75) is 31.9 Å². The number of hydrogen-bond donors (Lipinski definition) is 1. The molecule has 218 valence electrons. The molecule has 0 fully saturated rings. The monoisotopic (exact) mass is 586 g/mol. The highest BCUT2D eigenvalue weighted by Crippen LogP contribution is 2.43. The fourth-order valence-corrected chi connectivity index (χ4v) is 6.14. The summed E-state index contributed by atoms with van der Waals surface area (Å²) in [5, 5.41) is 17.1. The summed E-state index contributed by atoms with van der Waals surface area (Å²) in [5.41, 5.74) is 2.64. The normalized spacial score (nSPS) is 13.9. The number of nitrogens with one attached hydrogen (secondary N) is 1. The molecule has 0 saturated heterocycles. The lowest BCUT2D eigenvalue weighted by atomic mass is 9.77. The molecule has 0 saturated carbocycles. The van der Waals surface area contributed by atoms with E-state index < -0.39 is 12.9 Å². The summed E-state index contributed by atoms with van der Waals surface area (Å²) in [6, 6.07) is 28.4. The second-order valence-electron chi connectivity index (χ2n) is 10.0. The third kappa shape index (κ3) is 6.21.